The number of rotatable bonds is 4. The number of hydrogen-bond acceptors (Lipinski definition) is 2. The van der Waals surface area contributed by atoms with Gasteiger partial charge >= 0.3 is 0 Å². The number of amides is 2. The molecule has 0 N–H and O–H groups in total. The van der Waals surface area contributed by atoms with Crippen molar-refractivity contribution in [1.29, 1.82) is 0 Å². The lowest BCUT2D eigenvalue weighted by Gasteiger charge is -2.30. The van der Waals surface area contributed by atoms with Crippen LogP contribution in [0.2, 0.25) is 0 Å². The molecule has 1 aliphatic heterocycles. The SMILES string of the molecule is Cc1ccc(N(CC(=O)N2CCCCC2)C(=O)c2cc(C)cc(C)c2)cc1. The van der Waals surface area contributed by atoms with Crippen LogP contribution >= 0.6 is 0 Å². The van der Waals surface area contributed by atoms with Crippen LogP contribution < -0.4 is 4.90 Å². The summed E-state index contributed by atoms with van der Waals surface area (Å²) in [5.74, 6) is -0.107. The Kier molecular flexibility index (Phi) is 5.94. The summed E-state index contributed by atoms with van der Waals surface area (Å²) >= 11 is 0. The molecule has 1 saturated heterocycles. The minimum Gasteiger partial charge on any atom is -0.341 e. The molecular weight excluding hydrogens is 336 g/mol. The van der Waals surface area contributed by atoms with Gasteiger partial charge in [0.05, 0.1) is 0 Å². The summed E-state index contributed by atoms with van der Waals surface area (Å²) in [6.07, 6.45) is 3.26. The first-order valence-electron chi connectivity index (χ1n) is 9.68. The lowest BCUT2D eigenvalue weighted by molar-refractivity contribution is -0.130. The summed E-state index contributed by atoms with van der Waals surface area (Å²) in [4.78, 5) is 29.7. The van der Waals surface area contributed by atoms with Crippen molar-refractivity contribution in [2.24, 2.45) is 0 Å². The van der Waals surface area contributed by atoms with Gasteiger partial charge in [-0.05, 0) is 64.3 Å². The second kappa shape index (κ2) is 8.38. The third-order valence-electron chi connectivity index (χ3n) is 5.06. The van der Waals surface area contributed by atoms with Crippen LogP contribution in [0.3, 0.4) is 0 Å². The zero-order valence-corrected chi connectivity index (χ0v) is 16.5. The molecule has 2 aromatic rings. The Morgan fingerprint density at radius 1 is 0.852 bits per heavy atom. The second-order valence-corrected chi connectivity index (χ2v) is 7.54. The Hall–Kier alpha value is -2.62. The van der Waals surface area contributed by atoms with E-state index in [1.807, 2.05) is 68.1 Å². The van der Waals surface area contributed by atoms with E-state index >= 15 is 0 Å². The molecular formula is C23H28N2O2. The van der Waals surface area contributed by atoms with E-state index in [1.165, 1.54) is 6.42 Å². The number of piperidine rings is 1. The van der Waals surface area contributed by atoms with E-state index in [9.17, 15) is 9.59 Å². The zero-order valence-electron chi connectivity index (χ0n) is 16.5. The van der Waals surface area contributed by atoms with Crippen LogP contribution in [0.4, 0.5) is 5.69 Å². The van der Waals surface area contributed by atoms with Crippen LogP contribution in [-0.4, -0.2) is 36.3 Å². The van der Waals surface area contributed by atoms with Gasteiger partial charge in [0.25, 0.3) is 5.91 Å². The third kappa shape index (κ3) is 4.76. The summed E-state index contributed by atoms with van der Waals surface area (Å²) < 4.78 is 0. The average Bonchev–Trinajstić information content (AvgIpc) is 2.66. The van der Waals surface area contributed by atoms with Crippen molar-refractivity contribution in [3.63, 3.8) is 0 Å². The van der Waals surface area contributed by atoms with Crippen molar-refractivity contribution in [3.05, 3.63) is 64.7 Å². The predicted octanol–water partition coefficient (Wildman–Crippen LogP) is 4.27. The fourth-order valence-electron chi connectivity index (χ4n) is 3.64. The minimum absolute atomic E-state index is 0.0213. The van der Waals surface area contributed by atoms with Crippen LogP contribution in [0.5, 0.6) is 0 Å². The highest BCUT2D eigenvalue weighted by Gasteiger charge is 2.24. The average molecular weight is 364 g/mol. The van der Waals surface area contributed by atoms with Crippen LogP contribution in [0.15, 0.2) is 42.5 Å². The fraction of sp³-hybridized carbons (Fsp3) is 0.391. The highest BCUT2D eigenvalue weighted by molar-refractivity contribution is 6.09. The van der Waals surface area contributed by atoms with Crippen LogP contribution in [0.1, 0.15) is 46.3 Å². The maximum absolute atomic E-state index is 13.3. The largest absolute Gasteiger partial charge is 0.341 e. The second-order valence-electron chi connectivity index (χ2n) is 7.54. The smallest absolute Gasteiger partial charge is 0.258 e. The molecule has 27 heavy (non-hydrogen) atoms. The molecule has 0 bridgehead atoms. The van der Waals surface area contributed by atoms with Crippen molar-refractivity contribution >= 4 is 17.5 Å². The first-order valence-corrected chi connectivity index (χ1v) is 9.68. The summed E-state index contributed by atoms with van der Waals surface area (Å²) in [5.41, 5.74) is 4.60. The number of aryl methyl sites for hydroxylation is 3. The molecule has 0 aromatic heterocycles. The molecule has 0 saturated carbocycles. The quantitative estimate of drug-likeness (QED) is 0.813. The molecule has 2 aromatic carbocycles. The van der Waals surface area contributed by atoms with Gasteiger partial charge < -0.3 is 4.90 Å². The van der Waals surface area contributed by atoms with E-state index in [0.717, 1.165) is 48.3 Å². The van der Waals surface area contributed by atoms with E-state index in [2.05, 4.69) is 0 Å². The Morgan fingerprint density at radius 2 is 1.44 bits per heavy atom. The summed E-state index contributed by atoms with van der Waals surface area (Å²) in [5, 5.41) is 0. The molecule has 2 amide bonds. The predicted molar refractivity (Wildman–Crippen MR) is 109 cm³/mol. The lowest BCUT2D eigenvalue weighted by atomic mass is 10.1. The number of anilines is 1. The molecule has 4 nitrogen and oxygen atoms in total. The van der Waals surface area contributed by atoms with Crippen molar-refractivity contribution in [2.45, 2.75) is 40.0 Å². The molecule has 4 heteroatoms. The van der Waals surface area contributed by atoms with Crippen molar-refractivity contribution in [2.75, 3.05) is 24.5 Å². The number of carbonyl (C=O) groups is 2. The molecule has 1 fully saturated rings. The van der Waals surface area contributed by atoms with E-state index < -0.39 is 0 Å². The van der Waals surface area contributed by atoms with Gasteiger partial charge in [0.15, 0.2) is 0 Å². The molecule has 1 aliphatic rings. The van der Waals surface area contributed by atoms with E-state index in [0.29, 0.717) is 5.56 Å². The summed E-state index contributed by atoms with van der Waals surface area (Å²) in [6, 6.07) is 13.6. The summed E-state index contributed by atoms with van der Waals surface area (Å²) in [6.45, 7) is 7.64. The van der Waals surface area contributed by atoms with E-state index in [-0.39, 0.29) is 18.4 Å². The number of benzene rings is 2. The first-order chi connectivity index (χ1) is 12.9. The third-order valence-corrected chi connectivity index (χ3v) is 5.06. The van der Waals surface area contributed by atoms with Crippen LogP contribution in [0.25, 0.3) is 0 Å². The number of nitrogens with zero attached hydrogens (tertiary/aromatic N) is 2. The van der Waals surface area contributed by atoms with Crippen LogP contribution in [-0.2, 0) is 4.79 Å². The van der Waals surface area contributed by atoms with Crippen molar-refractivity contribution in [3.8, 4) is 0 Å². The van der Waals surface area contributed by atoms with Crippen molar-refractivity contribution < 1.29 is 9.59 Å². The topological polar surface area (TPSA) is 40.6 Å². The standard InChI is InChI=1S/C23H28N2O2/c1-17-7-9-21(10-8-17)25(16-22(26)24-11-5-4-6-12-24)23(27)20-14-18(2)13-19(3)15-20/h7-10,13-15H,4-6,11-12,16H2,1-3H3. The highest BCUT2D eigenvalue weighted by Crippen LogP contribution is 2.20. The van der Waals surface area contributed by atoms with Gasteiger partial charge in [-0.3, -0.25) is 14.5 Å². The monoisotopic (exact) mass is 364 g/mol. The zero-order chi connectivity index (χ0) is 19.4. The Bertz CT molecular complexity index is 801. The molecule has 0 unspecified atom stereocenters. The Morgan fingerprint density at radius 3 is 2.04 bits per heavy atom. The first kappa shape index (κ1) is 19.2. The maximum atomic E-state index is 13.3. The van der Waals surface area contributed by atoms with Gasteiger partial charge in [-0.15, -0.1) is 0 Å². The van der Waals surface area contributed by atoms with Gasteiger partial charge in [-0.2, -0.15) is 0 Å². The highest BCUT2D eigenvalue weighted by atomic mass is 16.2. The Labute approximate surface area is 161 Å². The Balaban J connectivity index is 1.90. The number of carbonyl (C=O) groups excluding carboxylic acids is 2. The maximum Gasteiger partial charge on any atom is 0.258 e. The number of likely N-dealkylation sites (tertiary alicyclic amines) is 1. The molecule has 0 spiro atoms. The van der Waals surface area contributed by atoms with Crippen LogP contribution in [0, 0.1) is 20.8 Å². The van der Waals surface area contributed by atoms with Gasteiger partial charge in [0.2, 0.25) is 5.91 Å². The minimum atomic E-state index is -0.129. The molecule has 0 aliphatic carbocycles. The van der Waals surface area contributed by atoms with E-state index in [4.69, 9.17) is 0 Å². The molecule has 0 radical (unpaired) electrons. The number of hydrogen-bond donors (Lipinski definition) is 0. The van der Waals surface area contributed by atoms with Crippen molar-refractivity contribution in [1.82, 2.24) is 4.90 Å². The molecule has 1 heterocycles. The molecule has 142 valence electrons. The molecule has 3 rings (SSSR count). The van der Waals surface area contributed by atoms with Gasteiger partial charge in [0, 0.05) is 24.3 Å². The van der Waals surface area contributed by atoms with Gasteiger partial charge in [-0.25, -0.2) is 0 Å². The lowest BCUT2D eigenvalue weighted by Crippen LogP contribution is -2.45. The van der Waals surface area contributed by atoms with E-state index in [1.54, 1.807) is 4.90 Å². The molecule has 0 atom stereocenters. The normalized spacial score (nSPS) is 14.1. The fourth-order valence-corrected chi connectivity index (χ4v) is 3.64. The van der Waals surface area contributed by atoms with Gasteiger partial charge in [0.1, 0.15) is 6.54 Å². The summed E-state index contributed by atoms with van der Waals surface area (Å²) in [7, 11) is 0. The van der Waals surface area contributed by atoms with Gasteiger partial charge in [-0.1, -0.05) is 34.9 Å².